The van der Waals surface area contributed by atoms with E-state index in [9.17, 15) is 13.2 Å². The number of hydrogen-bond donors (Lipinski definition) is 1. The molecule has 0 spiro atoms. The molecule has 32 heavy (non-hydrogen) atoms. The second-order valence-corrected chi connectivity index (χ2v) is 8.76. The number of carbonyl (C=O) groups excluding carboxylic acids is 1. The Morgan fingerprint density at radius 3 is 2.62 bits per heavy atom. The number of sulfonamides is 1. The number of ether oxygens (including phenoxy) is 3. The highest BCUT2D eigenvalue weighted by Gasteiger charge is 2.20. The SMILES string of the molecule is Cc1ccc(-c2noc(COC(=O)CCNS(=O)(=O)c3ccc4c(c3)OCCO4)n2)cc1. The molecule has 0 amide bonds. The summed E-state index contributed by atoms with van der Waals surface area (Å²) in [7, 11) is -3.82. The Labute approximate surface area is 184 Å². The second-order valence-electron chi connectivity index (χ2n) is 6.99. The van der Waals surface area contributed by atoms with Crippen molar-refractivity contribution in [3.05, 3.63) is 53.9 Å². The van der Waals surface area contributed by atoms with Crippen LogP contribution in [0.4, 0.5) is 0 Å². The van der Waals surface area contributed by atoms with Gasteiger partial charge < -0.3 is 18.7 Å². The number of nitrogens with zero attached hydrogens (tertiary/aromatic N) is 2. The summed E-state index contributed by atoms with van der Waals surface area (Å²) < 4.78 is 48.2. The average Bonchev–Trinajstić information content (AvgIpc) is 3.27. The van der Waals surface area contributed by atoms with Crippen LogP contribution < -0.4 is 14.2 Å². The number of benzene rings is 2. The van der Waals surface area contributed by atoms with Crippen LogP contribution in [0.15, 0.2) is 51.9 Å². The highest BCUT2D eigenvalue weighted by molar-refractivity contribution is 7.89. The molecule has 0 aliphatic carbocycles. The fourth-order valence-electron chi connectivity index (χ4n) is 2.91. The molecule has 0 bridgehead atoms. The van der Waals surface area contributed by atoms with Crippen molar-refractivity contribution >= 4 is 16.0 Å². The lowest BCUT2D eigenvalue weighted by atomic mass is 10.1. The highest BCUT2D eigenvalue weighted by Crippen LogP contribution is 2.32. The number of aromatic nitrogens is 2. The van der Waals surface area contributed by atoms with Crippen molar-refractivity contribution in [2.45, 2.75) is 24.8 Å². The maximum atomic E-state index is 12.4. The highest BCUT2D eigenvalue weighted by atomic mass is 32.2. The van der Waals surface area contributed by atoms with Crippen LogP contribution in [0.1, 0.15) is 17.9 Å². The van der Waals surface area contributed by atoms with Crippen LogP contribution >= 0.6 is 0 Å². The van der Waals surface area contributed by atoms with E-state index in [0.717, 1.165) is 11.1 Å². The Morgan fingerprint density at radius 2 is 1.84 bits per heavy atom. The zero-order valence-corrected chi connectivity index (χ0v) is 18.1. The Morgan fingerprint density at radius 1 is 1.09 bits per heavy atom. The van der Waals surface area contributed by atoms with Crippen LogP contribution in [-0.2, 0) is 26.2 Å². The normalized spacial score (nSPS) is 13.0. The van der Waals surface area contributed by atoms with Crippen molar-refractivity contribution in [1.29, 1.82) is 0 Å². The molecule has 0 fully saturated rings. The van der Waals surface area contributed by atoms with E-state index in [2.05, 4.69) is 14.9 Å². The number of rotatable bonds is 8. The van der Waals surface area contributed by atoms with Crippen molar-refractivity contribution in [2.24, 2.45) is 0 Å². The minimum absolute atomic E-state index is 0.0182. The second kappa shape index (κ2) is 9.37. The Bertz CT molecular complexity index is 1210. The van der Waals surface area contributed by atoms with Crippen LogP contribution in [0, 0.1) is 6.92 Å². The molecule has 0 radical (unpaired) electrons. The fourth-order valence-corrected chi connectivity index (χ4v) is 3.96. The molecule has 1 aromatic heterocycles. The summed E-state index contributed by atoms with van der Waals surface area (Å²) in [5.41, 5.74) is 1.89. The van der Waals surface area contributed by atoms with Gasteiger partial charge in [0.1, 0.15) is 13.2 Å². The maximum Gasteiger partial charge on any atom is 0.307 e. The molecule has 3 aromatic rings. The first kappa shape index (κ1) is 21.8. The molecule has 2 heterocycles. The van der Waals surface area contributed by atoms with Crippen molar-refractivity contribution < 1.29 is 31.9 Å². The summed E-state index contributed by atoms with van der Waals surface area (Å²) >= 11 is 0. The molecular weight excluding hydrogens is 438 g/mol. The average molecular weight is 459 g/mol. The van der Waals surface area contributed by atoms with Gasteiger partial charge in [-0.25, -0.2) is 13.1 Å². The summed E-state index contributed by atoms with van der Waals surface area (Å²) in [6, 6.07) is 11.9. The Hall–Kier alpha value is -3.44. The topological polar surface area (TPSA) is 130 Å². The zero-order valence-electron chi connectivity index (χ0n) is 17.2. The Balaban J connectivity index is 1.25. The van der Waals surface area contributed by atoms with Gasteiger partial charge in [-0.15, -0.1) is 0 Å². The van der Waals surface area contributed by atoms with Gasteiger partial charge in [0.05, 0.1) is 11.3 Å². The molecule has 4 rings (SSSR count). The molecule has 1 aliphatic heterocycles. The van der Waals surface area contributed by atoms with Gasteiger partial charge in [0.2, 0.25) is 15.8 Å². The van der Waals surface area contributed by atoms with Crippen LogP contribution in [-0.4, -0.2) is 44.3 Å². The largest absolute Gasteiger partial charge is 0.486 e. The molecule has 1 aliphatic rings. The number of nitrogens with one attached hydrogen (secondary N) is 1. The summed E-state index contributed by atoms with van der Waals surface area (Å²) in [6.45, 7) is 2.40. The van der Waals surface area contributed by atoms with Crippen molar-refractivity contribution in [3.8, 4) is 22.9 Å². The van der Waals surface area contributed by atoms with Gasteiger partial charge in [-0.2, -0.15) is 4.98 Å². The summed E-state index contributed by atoms with van der Waals surface area (Å²) in [5.74, 6) is 0.785. The maximum absolute atomic E-state index is 12.4. The summed E-state index contributed by atoms with van der Waals surface area (Å²) in [6.07, 6.45) is -0.164. The number of aryl methyl sites for hydroxylation is 1. The van der Waals surface area contributed by atoms with Crippen molar-refractivity contribution in [3.63, 3.8) is 0 Å². The quantitative estimate of drug-likeness (QED) is 0.504. The lowest BCUT2D eigenvalue weighted by Crippen LogP contribution is -2.27. The van der Waals surface area contributed by atoms with Crippen LogP contribution in [0.2, 0.25) is 0 Å². The monoisotopic (exact) mass is 459 g/mol. The van der Waals surface area contributed by atoms with Crippen LogP contribution in [0.3, 0.4) is 0 Å². The van der Waals surface area contributed by atoms with Gasteiger partial charge in [-0.3, -0.25) is 4.79 Å². The number of esters is 1. The van der Waals surface area contributed by atoms with Crippen molar-refractivity contribution in [1.82, 2.24) is 14.9 Å². The first-order valence-electron chi connectivity index (χ1n) is 9.85. The van der Waals surface area contributed by atoms with Gasteiger partial charge in [0.15, 0.2) is 18.1 Å². The first-order valence-corrected chi connectivity index (χ1v) is 11.3. The third-order valence-electron chi connectivity index (χ3n) is 4.58. The lowest BCUT2D eigenvalue weighted by molar-refractivity contribution is -0.145. The molecule has 0 atom stereocenters. The molecular formula is C21H21N3O7S. The van der Waals surface area contributed by atoms with E-state index in [1.807, 2.05) is 31.2 Å². The smallest absolute Gasteiger partial charge is 0.307 e. The van der Waals surface area contributed by atoms with Gasteiger partial charge in [-0.05, 0) is 19.1 Å². The van der Waals surface area contributed by atoms with Gasteiger partial charge in [-0.1, -0.05) is 35.0 Å². The predicted molar refractivity (Wildman–Crippen MR) is 112 cm³/mol. The predicted octanol–water partition coefficient (Wildman–Crippen LogP) is 2.23. The minimum atomic E-state index is -3.82. The molecule has 11 heteroatoms. The van der Waals surface area contributed by atoms with E-state index in [0.29, 0.717) is 30.5 Å². The summed E-state index contributed by atoms with van der Waals surface area (Å²) in [5, 5.41) is 3.86. The number of carbonyl (C=O) groups is 1. The third-order valence-corrected chi connectivity index (χ3v) is 6.04. The number of fused-ring (bicyclic) bond motifs is 1. The van der Waals surface area contributed by atoms with Crippen molar-refractivity contribution in [2.75, 3.05) is 19.8 Å². The van der Waals surface area contributed by atoms with E-state index >= 15 is 0 Å². The molecule has 1 N–H and O–H groups in total. The summed E-state index contributed by atoms with van der Waals surface area (Å²) in [4.78, 5) is 16.2. The van der Waals surface area contributed by atoms with E-state index < -0.39 is 16.0 Å². The van der Waals surface area contributed by atoms with Crippen LogP contribution in [0.5, 0.6) is 11.5 Å². The van der Waals surface area contributed by atoms with E-state index in [1.54, 1.807) is 0 Å². The number of hydrogen-bond acceptors (Lipinski definition) is 9. The van der Waals surface area contributed by atoms with Gasteiger partial charge in [0, 0.05) is 18.2 Å². The molecule has 168 valence electrons. The van der Waals surface area contributed by atoms with Crippen LogP contribution in [0.25, 0.3) is 11.4 Å². The standard InChI is InChI=1S/C21H21N3O7S/c1-14-2-4-15(5-3-14)21-23-19(31-24-21)13-30-20(25)8-9-22-32(26,27)16-6-7-17-18(12-16)29-11-10-28-17/h2-7,12,22H,8-11,13H2,1H3. The molecule has 0 saturated heterocycles. The van der Waals surface area contributed by atoms with Gasteiger partial charge in [0.25, 0.3) is 5.89 Å². The fraction of sp³-hybridized carbons (Fsp3) is 0.286. The molecule has 0 unspecified atom stereocenters. The molecule has 10 nitrogen and oxygen atoms in total. The van der Waals surface area contributed by atoms with E-state index in [4.69, 9.17) is 18.7 Å². The Kier molecular flexibility index (Phi) is 6.37. The third kappa shape index (κ3) is 5.24. The lowest BCUT2D eigenvalue weighted by Gasteiger charge is -2.18. The molecule has 0 saturated carbocycles. The zero-order chi connectivity index (χ0) is 22.6. The van der Waals surface area contributed by atoms with E-state index in [-0.39, 0.29) is 30.4 Å². The molecule has 2 aromatic carbocycles. The first-order chi connectivity index (χ1) is 15.4. The van der Waals surface area contributed by atoms with E-state index in [1.165, 1.54) is 18.2 Å². The van der Waals surface area contributed by atoms with Gasteiger partial charge >= 0.3 is 5.97 Å². The minimum Gasteiger partial charge on any atom is -0.486 e.